The fourth-order valence-corrected chi connectivity index (χ4v) is 4.08. The monoisotopic (exact) mass is 479 g/mol. The van der Waals surface area contributed by atoms with Crippen molar-refractivity contribution < 1.29 is 23.3 Å². The number of nitrogens with one attached hydrogen (secondary N) is 1. The predicted octanol–water partition coefficient (Wildman–Crippen LogP) is 4.01. The summed E-state index contributed by atoms with van der Waals surface area (Å²) in [6.07, 6.45) is 0.918. The molecule has 10 heteroatoms. The van der Waals surface area contributed by atoms with E-state index >= 15 is 0 Å². The van der Waals surface area contributed by atoms with E-state index in [1.807, 2.05) is 6.92 Å². The molecule has 1 N–H and O–H groups in total. The summed E-state index contributed by atoms with van der Waals surface area (Å²) < 4.78 is 20.5. The Kier molecular flexibility index (Phi) is 9.30. The highest BCUT2D eigenvalue weighted by molar-refractivity contribution is 7.83. The third-order valence-corrected chi connectivity index (χ3v) is 5.86. The highest BCUT2D eigenvalue weighted by Crippen LogP contribution is 2.29. The number of benzene rings is 2. The average molecular weight is 480 g/mol. The van der Waals surface area contributed by atoms with Crippen LogP contribution in [0.2, 0.25) is 10.0 Å². The average Bonchev–Trinajstić information content (AvgIpc) is 2.72. The molecule has 0 unspecified atom stereocenters. The molecule has 2 atom stereocenters. The summed E-state index contributed by atoms with van der Waals surface area (Å²) in [6, 6.07) is 10.7. The van der Waals surface area contributed by atoms with Gasteiger partial charge >= 0.3 is 11.7 Å². The lowest BCUT2D eigenvalue weighted by atomic mass is 10.00. The van der Waals surface area contributed by atoms with E-state index in [-0.39, 0.29) is 18.1 Å². The zero-order valence-electron chi connectivity index (χ0n) is 16.5. The van der Waals surface area contributed by atoms with Crippen molar-refractivity contribution >= 4 is 51.7 Å². The van der Waals surface area contributed by atoms with Crippen molar-refractivity contribution in [1.82, 2.24) is 4.72 Å². The Balaban J connectivity index is 2.33. The van der Waals surface area contributed by atoms with Crippen molar-refractivity contribution in [3.63, 3.8) is 0 Å². The molecule has 31 heavy (non-hydrogen) atoms. The van der Waals surface area contributed by atoms with Crippen LogP contribution in [0.5, 0.6) is 0 Å². The van der Waals surface area contributed by atoms with Crippen LogP contribution in [-0.2, 0) is 25.3 Å². The molecule has 0 bridgehead atoms. The lowest BCUT2D eigenvalue weighted by Crippen LogP contribution is -2.33. The SMILES string of the molecule is C=CCOC(=O)C(=[N+]=[N-])C(=O)C[C@@H](N[S@@](=O)c1ccc(C)cc1)c1ccc(Cl)cc1Cl. The molecular weight excluding hydrogens is 461 g/mol. The van der Waals surface area contributed by atoms with Crippen molar-refractivity contribution in [3.8, 4) is 0 Å². The molecule has 2 aromatic rings. The molecule has 0 amide bonds. The van der Waals surface area contributed by atoms with E-state index in [4.69, 9.17) is 33.5 Å². The fraction of sp³-hybridized carbons (Fsp3) is 0.190. The van der Waals surface area contributed by atoms with E-state index < -0.39 is 34.5 Å². The second kappa shape index (κ2) is 11.7. The van der Waals surface area contributed by atoms with E-state index in [0.717, 1.165) is 5.56 Å². The largest absolute Gasteiger partial charge is 0.453 e. The van der Waals surface area contributed by atoms with Crippen LogP contribution in [0.15, 0.2) is 60.0 Å². The van der Waals surface area contributed by atoms with Gasteiger partial charge < -0.3 is 10.3 Å². The third kappa shape index (κ3) is 6.95. The van der Waals surface area contributed by atoms with Crippen LogP contribution in [0.1, 0.15) is 23.6 Å². The molecule has 0 saturated carbocycles. The summed E-state index contributed by atoms with van der Waals surface area (Å²) in [6.45, 7) is 5.14. The second-order valence-corrected chi connectivity index (χ2v) is 8.47. The maximum absolute atomic E-state index is 12.9. The number of ketones is 1. The number of hydrogen-bond acceptors (Lipinski definition) is 4. The minimum Gasteiger partial charge on any atom is -0.453 e. The Labute approximate surface area is 192 Å². The minimum atomic E-state index is -1.71. The van der Waals surface area contributed by atoms with Gasteiger partial charge in [-0.05, 0) is 36.8 Å². The molecule has 0 heterocycles. The molecule has 7 nitrogen and oxygen atoms in total. The number of ether oxygens (including phenoxy) is 1. The van der Waals surface area contributed by atoms with E-state index in [1.54, 1.807) is 36.4 Å². The highest BCUT2D eigenvalue weighted by Gasteiger charge is 2.34. The van der Waals surface area contributed by atoms with Gasteiger partial charge in [0.1, 0.15) is 17.6 Å². The highest BCUT2D eigenvalue weighted by atomic mass is 35.5. The Morgan fingerprint density at radius 2 is 1.94 bits per heavy atom. The van der Waals surface area contributed by atoms with Gasteiger partial charge in [0.05, 0.1) is 10.9 Å². The number of hydrogen-bond donors (Lipinski definition) is 1. The first-order valence-electron chi connectivity index (χ1n) is 8.99. The van der Waals surface area contributed by atoms with Gasteiger partial charge in [0, 0.05) is 16.5 Å². The van der Waals surface area contributed by atoms with Gasteiger partial charge in [-0.25, -0.2) is 13.7 Å². The van der Waals surface area contributed by atoms with Crippen LogP contribution in [-0.4, -0.2) is 33.1 Å². The molecule has 0 spiro atoms. The Hall–Kier alpha value is -2.61. The minimum absolute atomic E-state index is 0.159. The topological polar surface area (TPSA) is 109 Å². The molecule has 0 aliphatic carbocycles. The zero-order chi connectivity index (χ0) is 23.0. The second-order valence-electron chi connectivity index (χ2n) is 6.38. The van der Waals surface area contributed by atoms with Crippen LogP contribution < -0.4 is 4.72 Å². The molecular formula is C21H19Cl2N3O4S. The number of Topliss-reactive ketones (excluding diaryl/α,β-unsaturated/α-hetero) is 1. The van der Waals surface area contributed by atoms with Gasteiger partial charge in [-0.2, -0.15) is 4.79 Å². The molecule has 0 radical (unpaired) electrons. The van der Waals surface area contributed by atoms with Crippen molar-refractivity contribution in [2.75, 3.05) is 6.61 Å². The molecule has 162 valence electrons. The van der Waals surface area contributed by atoms with Crippen molar-refractivity contribution in [1.29, 1.82) is 0 Å². The summed E-state index contributed by atoms with van der Waals surface area (Å²) >= 11 is 12.2. The van der Waals surface area contributed by atoms with E-state index in [0.29, 0.717) is 15.5 Å². The number of halogens is 2. The van der Waals surface area contributed by atoms with Gasteiger partial charge in [0.15, 0.2) is 0 Å². The van der Waals surface area contributed by atoms with Gasteiger partial charge in [-0.3, -0.25) is 4.79 Å². The van der Waals surface area contributed by atoms with E-state index in [9.17, 15) is 13.8 Å². The lowest BCUT2D eigenvalue weighted by Gasteiger charge is -2.19. The molecule has 0 aliphatic rings. The number of nitrogens with zero attached hydrogens (tertiary/aromatic N) is 2. The standard InChI is InChI=1S/C21H19Cl2N3O4S/c1-3-10-30-21(28)20(25-24)19(27)12-18(16-9-6-14(22)11-17(16)23)26-31(29)15-7-4-13(2)5-8-15/h3-9,11,18,26H,1,10,12H2,2H3/t18-,31+/m1/s1. The van der Waals surface area contributed by atoms with Gasteiger partial charge in [0.2, 0.25) is 0 Å². The van der Waals surface area contributed by atoms with Gasteiger partial charge in [0.25, 0.3) is 5.78 Å². The molecule has 0 aliphatic heterocycles. The van der Waals surface area contributed by atoms with Crippen LogP contribution >= 0.6 is 23.2 Å². The summed E-state index contributed by atoms with van der Waals surface area (Å²) in [7, 11) is -1.71. The van der Waals surface area contributed by atoms with Crippen molar-refractivity contribution in [2.45, 2.75) is 24.3 Å². The fourth-order valence-electron chi connectivity index (χ4n) is 2.55. The van der Waals surface area contributed by atoms with E-state index in [2.05, 4.69) is 16.1 Å². The lowest BCUT2D eigenvalue weighted by molar-refractivity contribution is -0.141. The van der Waals surface area contributed by atoms with Gasteiger partial charge in [-0.1, -0.05) is 59.6 Å². The van der Waals surface area contributed by atoms with Crippen molar-refractivity contribution in [3.05, 3.63) is 81.8 Å². The Morgan fingerprint density at radius 1 is 1.26 bits per heavy atom. The smallest absolute Gasteiger partial charge is 0.441 e. The van der Waals surface area contributed by atoms with E-state index in [1.165, 1.54) is 12.1 Å². The summed E-state index contributed by atoms with van der Waals surface area (Å²) in [4.78, 5) is 27.9. The normalized spacial score (nSPS) is 12.4. The molecule has 0 aromatic heterocycles. The van der Waals surface area contributed by atoms with Crippen LogP contribution in [0, 0.1) is 6.92 Å². The summed E-state index contributed by atoms with van der Waals surface area (Å²) in [5, 5.41) is 0.611. The number of rotatable bonds is 10. The summed E-state index contributed by atoms with van der Waals surface area (Å²) in [5.74, 6) is -1.94. The Morgan fingerprint density at radius 3 is 2.52 bits per heavy atom. The number of carbonyl (C=O) groups excluding carboxylic acids is 2. The first kappa shape index (κ1) is 24.7. The maximum Gasteiger partial charge on any atom is 0.441 e. The first-order valence-corrected chi connectivity index (χ1v) is 10.9. The maximum atomic E-state index is 12.9. The van der Waals surface area contributed by atoms with Crippen LogP contribution in [0.3, 0.4) is 0 Å². The molecule has 0 saturated heterocycles. The van der Waals surface area contributed by atoms with Crippen molar-refractivity contribution in [2.24, 2.45) is 0 Å². The zero-order valence-corrected chi connectivity index (χ0v) is 18.8. The third-order valence-electron chi connectivity index (χ3n) is 4.10. The van der Waals surface area contributed by atoms with Gasteiger partial charge in [-0.15, -0.1) is 0 Å². The molecule has 2 rings (SSSR count). The first-order chi connectivity index (χ1) is 14.8. The van der Waals surface area contributed by atoms with Crippen LogP contribution in [0.4, 0.5) is 0 Å². The van der Waals surface area contributed by atoms with Crippen LogP contribution in [0.25, 0.3) is 5.53 Å². The predicted molar refractivity (Wildman–Crippen MR) is 119 cm³/mol. The summed E-state index contributed by atoms with van der Waals surface area (Å²) in [5.41, 5.74) is 9.77. The molecule has 0 fully saturated rings. The molecule has 2 aromatic carbocycles. The Bertz CT molecular complexity index is 1070. The quantitative estimate of drug-likeness (QED) is 0.138. The number of esters is 1. The number of carbonyl (C=O) groups is 2. The number of aryl methyl sites for hydroxylation is 1.